The Morgan fingerprint density at radius 2 is 2.24 bits per heavy atom. The predicted molar refractivity (Wildman–Crippen MR) is 74.3 cm³/mol. The van der Waals surface area contributed by atoms with Gasteiger partial charge in [0, 0.05) is 28.1 Å². The number of thiazole rings is 1. The summed E-state index contributed by atoms with van der Waals surface area (Å²) >= 11 is 4.73. The fourth-order valence-corrected chi connectivity index (χ4v) is 2.81. The second-order valence-electron chi connectivity index (χ2n) is 3.80. The second kappa shape index (κ2) is 5.62. The molecule has 2 rings (SSSR count). The van der Waals surface area contributed by atoms with Crippen LogP contribution in [0.15, 0.2) is 38.9 Å². The van der Waals surface area contributed by atoms with Crippen LogP contribution in [0.3, 0.4) is 0 Å². The molecule has 0 saturated carbocycles. The third-order valence-corrected chi connectivity index (χ3v) is 3.98. The molecular formula is C12H13BrN2OS. The number of rotatable bonds is 4. The van der Waals surface area contributed by atoms with Crippen molar-refractivity contribution in [2.24, 2.45) is 0 Å². The summed E-state index contributed by atoms with van der Waals surface area (Å²) in [7, 11) is 0. The molecule has 0 aliphatic heterocycles. The first kappa shape index (κ1) is 12.5. The first-order valence-electron chi connectivity index (χ1n) is 5.31. The van der Waals surface area contributed by atoms with E-state index >= 15 is 0 Å². The maximum atomic E-state index is 11.0. The van der Waals surface area contributed by atoms with Gasteiger partial charge in [0.05, 0.1) is 0 Å². The first-order chi connectivity index (χ1) is 8.16. The van der Waals surface area contributed by atoms with Gasteiger partial charge in [0.1, 0.15) is 0 Å². The van der Waals surface area contributed by atoms with Gasteiger partial charge in [-0.25, -0.2) is 0 Å². The topological polar surface area (TPSA) is 44.9 Å². The summed E-state index contributed by atoms with van der Waals surface area (Å²) in [6.07, 6.45) is 0. The minimum Gasteiger partial charge on any atom is -0.315 e. The standard InChI is InChI=1S/C12H13BrN2OS/c1-8(10-4-2-3-5-11(10)13)14-6-9-7-17-12(16)15-9/h2-5,7-8,14H,6H2,1H3,(H,15,16). The van der Waals surface area contributed by atoms with E-state index in [2.05, 4.69) is 39.2 Å². The van der Waals surface area contributed by atoms with Gasteiger partial charge in [0.2, 0.25) is 0 Å². The van der Waals surface area contributed by atoms with Crippen molar-refractivity contribution in [1.29, 1.82) is 0 Å². The number of nitrogens with one attached hydrogen (secondary N) is 2. The maximum Gasteiger partial charge on any atom is 0.304 e. The SMILES string of the molecule is CC(NCc1csc(=O)[nH]1)c1ccccc1Br. The largest absolute Gasteiger partial charge is 0.315 e. The van der Waals surface area contributed by atoms with E-state index < -0.39 is 0 Å². The Hall–Kier alpha value is -0.910. The molecule has 1 aromatic heterocycles. The third kappa shape index (κ3) is 3.28. The zero-order valence-corrected chi connectivity index (χ0v) is 11.8. The molecule has 0 amide bonds. The summed E-state index contributed by atoms with van der Waals surface area (Å²) in [6, 6.07) is 8.36. The van der Waals surface area contributed by atoms with Crippen LogP contribution in [-0.2, 0) is 6.54 Å². The minimum atomic E-state index is -0.00431. The zero-order valence-electron chi connectivity index (χ0n) is 9.37. The zero-order chi connectivity index (χ0) is 12.3. The first-order valence-corrected chi connectivity index (χ1v) is 6.98. The molecule has 1 atom stereocenters. The monoisotopic (exact) mass is 312 g/mol. The van der Waals surface area contributed by atoms with Gasteiger partial charge in [-0.2, -0.15) is 0 Å². The molecule has 0 aliphatic carbocycles. The number of halogens is 1. The van der Waals surface area contributed by atoms with Crippen molar-refractivity contribution in [3.8, 4) is 0 Å². The lowest BCUT2D eigenvalue weighted by Crippen LogP contribution is -2.19. The van der Waals surface area contributed by atoms with Crippen molar-refractivity contribution in [2.75, 3.05) is 0 Å². The highest BCUT2D eigenvalue weighted by Crippen LogP contribution is 2.22. The Labute approximate surface area is 112 Å². The Bertz CT molecular complexity index is 549. The molecule has 90 valence electrons. The highest BCUT2D eigenvalue weighted by Gasteiger charge is 2.08. The third-order valence-electron chi connectivity index (χ3n) is 2.54. The van der Waals surface area contributed by atoms with Crippen molar-refractivity contribution in [2.45, 2.75) is 19.5 Å². The van der Waals surface area contributed by atoms with Crippen LogP contribution in [0.2, 0.25) is 0 Å². The minimum absolute atomic E-state index is 0.00431. The molecule has 2 aromatic rings. The van der Waals surface area contributed by atoms with Crippen LogP contribution in [0.1, 0.15) is 24.2 Å². The molecule has 1 unspecified atom stereocenters. The van der Waals surface area contributed by atoms with E-state index in [1.165, 1.54) is 16.9 Å². The summed E-state index contributed by atoms with van der Waals surface area (Å²) in [5, 5.41) is 5.23. The summed E-state index contributed by atoms with van der Waals surface area (Å²) < 4.78 is 1.10. The predicted octanol–water partition coefficient (Wildman–Crippen LogP) is 3.05. The van der Waals surface area contributed by atoms with Gasteiger partial charge < -0.3 is 10.3 Å². The smallest absolute Gasteiger partial charge is 0.304 e. The van der Waals surface area contributed by atoms with Gasteiger partial charge >= 0.3 is 4.87 Å². The summed E-state index contributed by atoms with van der Waals surface area (Å²) in [4.78, 5) is 13.8. The number of H-pyrrole nitrogens is 1. The summed E-state index contributed by atoms with van der Waals surface area (Å²) in [6.45, 7) is 2.77. The van der Waals surface area contributed by atoms with Gasteiger partial charge in [-0.05, 0) is 18.6 Å². The van der Waals surface area contributed by atoms with Crippen LogP contribution >= 0.6 is 27.3 Å². The molecule has 0 fully saturated rings. The van der Waals surface area contributed by atoms with Gasteiger partial charge in [-0.15, -0.1) is 0 Å². The van der Waals surface area contributed by atoms with E-state index in [1.807, 2.05) is 23.6 Å². The van der Waals surface area contributed by atoms with Crippen molar-refractivity contribution < 1.29 is 0 Å². The molecule has 3 nitrogen and oxygen atoms in total. The fraction of sp³-hybridized carbons (Fsp3) is 0.250. The molecule has 0 saturated heterocycles. The number of benzene rings is 1. The van der Waals surface area contributed by atoms with Crippen LogP contribution in [-0.4, -0.2) is 4.98 Å². The van der Waals surface area contributed by atoms with Crippen molar-refractivity contribution in [3.05, 3.63) is 55.0 Å². The lowest BCUT2D eigenvalue weighted by molar-refractivity contribution is 0.567. The molecule has 2 N–H and O–H groups in total. The van der Waals surface area contributed by atoms with Crippen LogP contribution < -0.4 is 10.2 Å². The second-order valence-corrected chi connectivity index (χ2v) is 5.49. The average molecular weight is 313 g/mol. The maximum absolute atomic E-state index is 11.0. The lowest BCUT2D eigenvalue weighted by atomic mass is 10.1. The Morgan fingerprint density at radius 1 is 1.47 bits per heavy atom. The van der Waals surface area contributed by atoms with E-state index in [4.69, 9.17) is 0 Å². The summed E-state index contributed by atoms with van der Waals surface area (Å²) in [5.41, 5.74) is 2.14. The van der Waals surface area contributed by atoms with E-state index in [-0.39, 0.29) is 10.9 Å². The van der Waals surface area contributed by atoms with E-state index in [0.29, 0.717) is 6.54 Å². The average Bonchev–Trinajstić information content (AvgIpc) is 2.73. The van der Waals surface area contributed by atoms with Gasteiger partial charge in [0.25, 0.3) is 0 Å². The Balaban J connectivity index is 2.00. The molecule has 1 aromatic carbocycles. The Kier molecular flexibility index (Phi) is 4.15. The van der Waals surface area contributed by atoms with E-state index in [1.54, 1.807) is 0 Å². The highest BCUT2D eigenvalue weighted by molar-refractivity contribution is 9.10. The number of aromatic nitrogens is 1. The molecule has 1 heterocycles. The van der Waals surface area contributed by atoms with Crippen LogP contribution in [0.25, 0.3) is 0 Å². The normalized spacial score (nSPS) is 12.6. The van der Waals surface area contributed by atoms with Crippen molar-refractivity contribution >= 4 is 27.3 Å². The quantitative estimate of drug-likeness (QED) is 0.911. The molecule has 0 bridgehead atoms. The van der Waals surface area contributed by atoms with Crippen LogP contribution in [0.4, 0.5) is 0 Å². The molecule has 0 spiro atoms. The van der Waals surface area contributed by atoms with E-state index in [0.717, 1.165) is 10.2 Å². The van der Waals surface area contributed by atoms with Crippen LogP contribution in [0, 0.1) is 0 Å². The fourth-order valence-electron chi connectivity index (χ4n) is 1.60. The number of hydrogen-bond acceptors (Lipinski definition) is 3. The lowest BCUT2D eigenvalue weighted by Gasteiger charge is -2.15. The van der Waals surface area contributed by atoms with Crippen LogP contribution in [0.5, 0.6) is 0 Å². The molecule has 0 radical (unpaired) electrons. The van der Waals surface area contributed by atoms with E-state index in [9.17, 15) is 4.79 Å². The van der Waals surface area contributed by atoms with Crippen molar-refractivity contribution in [3.63, 3.8) is 0 Å². The number of hydrogen-bond donors (Lipinski definition) is 2. The van der Waals surface area contributed by atoms with Gasteiger partial charge in [0.15, 0.2) is 0 Å². The van der Waals surface area contributed by atoms with Crippen molar-refractivity contribution in [1.82, 2.24) is 10.3 Å². The molecular weight excluding hydrogens is 300 g/mol. The summed E-state index contributed by atoms with van der Waals surface area (Å²) in [5.74, 6) is 0. The molecule has 0 aliphatic rings. The molecule has 17 heavy (non-hydrogen) atoms. The van der Waals surface area contributed by atoms with Gasteiger partial charge in [-0.1, -0.05) is 45.5 Å². The Morgan fingerprint density at radius 3 is 2.88 bits per heavy atom. The number of aromatic amines is 1. The highest BCUT2D eigenvalue weighted by atomic mass is 79.9. The molecule has 5 heteroatoms. The van der Waals surface area contributed by atoms with Gasteiger partial charge in [-0.3, -0.25) is 4.79 Å².